The Balaban J connectivity index is 1.82. The molecule has 100 valence electrons. The number of hydrogen-bond acceptors (Lipinski definition) is 4. The third-order valence-electron chi connectivity index (χ3n) is 3.06. The summed E-state index contributed by atoms with van der Waals surface area (Å²) in [5, 5.41) is 14.9. The fourth-order valence-electron chi connectivity index (χ4n) is 2.03. The largest absolute Gasteiger partial charge is 0.368 e. The smallest absolute Gasteiger partial charge is 0.250 e. The van der Waals surface area contributed by atoms with Crippen LogP contribution in [0.5, 0.6) is 0 Å². The van der Waals surface area contributed by atoms with E-state index in [0.717, 1.165) is 25.9 Å². The average molecular weight is 259 g/mol. The van der Waals surface area contributed by atoms with Gasteiger partial charge in [0.1, 0.15) is 12.7 Å². The first kappa shape index (κ1) is 13.5. The maximum absolute atomic E-state index is 11.8. The van der Waals surface area contributed by atoms with Gasteiger partial charge >= 0.3 is 0 Å². The van der Waals surface area contributed by atoms with E-state index < -0.39 is 0 Å². The number of piperidine rings is 1. The topological polar surface area (TPSA) is 74.2 Å². The van der Waals surface area contributed by atoms with Crippen LogP contribution in [0.2, 0.25) is 0 Å². The summed E-state index contributed by atoms with van der Waals surface area (Å²) in [7, 11) is 0. The molecule has 0 bridgehead atoms. The van der Waals surface area contributed by atoms with Gasteiger partial charge in [0.15, 0.2) is 0 Å². The molecule has 5 nitrogen and oxygen atoms in total. The molecule has 1 aliphatic heterocycles. The lowest BCUT2D eigenvalue weighted by molar-refractivity contribution is -0.123. The van der Waals surface area contributed by atoms with Gasteiger partial charge in [0, 0.05) is 0 Å². The van der Waals surface area contributed by atoms with Crippen molar-refractivity contribution in [3.05, 3.63) is 29.8 Å². The standard InChI is InChI=1S/C14H17N3O2/c15-9-11-3-1-2-4-13(11)17-14(18)10-19-12-5-7-16-8-6-12/h1-4,12,16H,5-8,10H2,(H,17,18). The van der Waals surface area contributed by atoms with E-state index in [0.29, 0.717) is 11.3 Å². The van der Waals surface area contributed by atoms with Gasteiger partial charge in [-0.25, -0.2) is 0 Å². The van der Waals surface area contributed by atoms with Crippen LogP contribution in [0.1, 0.15) is 18.4 Å². The van der Waals surface area contributed by atoms with E-state index in [1.807, 2.05) is 6.07 Å². The molecule has 0 unspecified atom stereocenters. The summed E-state index contributed by atoms with van der Waals surface area (Å²) in [6.45, 7) is 1.90. The van der Waals surface area contributed by atoms with Gasteiger partial charge in [0.2, 0.25) is 5.91 Å². The minimum Gasteiger partial charge on any atom is -0.368 e. The van der Waals surface area contributed by atoms with Crippen molar-refractivity contribution >= 4 is 11.6 Å². The molecular formula is C14H17N3O2. The first-order valence-corrected chi connectivity index (χ1v) is 6.41. The third-order valence-corrected chi connectivity index (χ3v) is 3.06. The predicted octanol–water partition coefficient (Wildman–Crippen LogP) is 1.27. The highest BCUT2D eigenvalue weighted by molar-refractivity contribution is 5.92. The summed E-state index contributed by atoms with van der Waals surface area (Å²) >= 11 is 0. The SMILES string of the molecule is N#Cc1ccccc1NC(=O)COC1CCNCC1. The van der Waals surface area contributed by atoms with E-state index in [1.165, 1.54) is 0 Å². The fraction of sp³-hybridized carbons (Fsp3) is 0.429. The normalized spacial score (nSPS) is 15.7. The molecule has 1 heterocycles. The second-order valence-electron chi connectivity index (χ2n) is 4.47. The van der Waals surface area contributed by atoms with Crippen molar-refractivity contribution in [2.45, 2.75) is 18.9 Å². The zero-order valence-corrected chi connectivity index (χ0v) is 10.7. The molecule has 1 fully saturated rings. The number of amides is 1. The summed E-state index contributed by atoms with van der Waals surface area (Å²) in [6.07, 6.45) is 2.02. The van der Waals surface area contributed by atoms with Crippen molar-refractivity contribution in [3.8, 4) is 6.07 Å². The van der Waals surface area contributed by atoms with E-state index in [1.54, 1.807) is 24.3 Å². The van der Waals surface area contributed by atoms with Crippen LogP contribution >= 0.6 is 0 Å². The Morgan fingerprint density at radius 2 is 2.16 bits per heavy atom. The summed E-state index contributed by atoms with van der Waals surface area (Å²) in [4.78, 5) is 11.8. The number of hydrogen-bond donors (Lipinski definition) is 2. The second-order valence-corrected chi connectivity index (χ2v) is 4.47. The van der Waals surface area contributed by atoms with Crippen LogP contribution in [0.3, 0.4) is 0 Å². The van der Waals surface area contributed by atoms with Crippen LogP contribution in [-0.2, 0) is 9.53 Å². The lowest BCUT2D eigenvalue weighted by atomic mass is 10.1. The van der Waals surface area contributed by atoms with Gasteiger partial charge in [-0.1, -0.05) is 12.1 Å². The number of rotatable bonds is 4. The highest BCUT2D eigenvalue weighted by atomic mass is 16.5. The molecule has 2 N–H and O–H groups in total. The van der Waals surface area contributed by atoms with Gasteiger partial charge in [-0.15, -0.1) is 0 Å². The zero-order chi connectivity index (χ0) is 13.5. The van der Waals surface area contributed by atoms with E-state index in [2.05, 4.69) is 10.6 Å². The molecule has 1 aromatic carbocycles. The average Bonchev–Trinajstić information content (AvgIpc) is 2.47. The molecule has 1 amide bonds. The minimum absolute atomic E-state index is 0.0322. The van der Waals surface area contributed by atoms with Crippen molar-refractivity contribution in [2.24, 2.45) is 0 Å². The zero-order valence-electron chi connectivity index (χ0n) is 10.7. The number of anilines is 1. The predicted molar refractivity (Wildman–Crippen MR) is 71.6 cm³/mol. The van der Waals surface area contributed by atoms with Crippen molar-refractivity contribution in [3.63, 3.8) is 0 Å². The van der Waals surface area contributed by atoms with E-state index >= 15 is 0 Å². The molecule has 0 atom stereocenters. The lowest BCUT2D eigenvalue weighted by Gasteiger charge is -2.22. The highest BCUT2D eigenvalue weighted by Gasteiger charge is 2.15. The Labute approximate surface area is 112 Å². The highest BCUT2D eigenvalue weighted by Crippen LogP contribution is 2.13. The van der Waals surface area contributed by atoms with Crippen LogP contribution in [0.25, 0.3) is 0 Å². The number of carbonyl (C=O) groups excluding carboxylic acids is 1. The Morgan fingerprint density at radius 3 is 2.89 bits per heavy atom. The summed E-state index contributed by atoms with van der Waals surface area (Å²) in [5.74, 6) is -0.221. The maximum atomic E-state index is 11.8. The van der Waals surface area contributed by atoms with Crippen LogP contribution in [-0.4, -0.2) is 31.7 Å². The van der Waals surface area contributed by atoms with E-state index in [4.69, 9.17) is 10.00 Å². The van der Waals surface area contributed by atoms with Gasteiger partial charge in [-0.2, -0.15) is 5.26 Å². The monoisotopic (exact) mass is 259 g/mol. The molecule has 1 aromatic rings. The summed E-state index contributed by atoms with van der Waals surface area (Å²) in [5.41, 5.74) is 0.988. The molecule has 1 aliphatic rings. The van der Waals surface area contributed by atoms with Gasteiger partial charge in [-0.3, -0.25) is 4.79 Å². The van der Waals surface area contributed by atoms with Gasteiger partial charge in [-0.05, 0) is 38.1 Å². The third kappa shape index (κ3) is 4.05. The van der Waals surface area contributed by atoms with Gasteiger partial charge in [0.25, 0.3) is 0 Å². The van der Waals surface area contributed by atoms with Crippen LogP contribution in [0.4, 0.5) is 5.69 Å². The van der Waals surface area contributed by atoms with Crippen LogP contribution in [0.15, 0.2) is 24.3 Å². The molecule has 0 aliphatic carbocycles. The number of benzene rings is 1. The van der Waals surface area contributed by atoms with Crippen LogP contribution in [0, 0.1) is 11.3 Å². The number of nitrogens with zero attached hydrogens (tertiary/aromatic N) is 1. The fourth-order valence-corrected chi connectivity index (χ4v) is 2.03. The van der Waals surface area contributed by atoms with Crippen molar-refractivity contribution in [1.29, 1.82) is 5.26 Å². The Kier molecular flexibility index (Phi) is 4.90. The molecule has 1 saturated heterocycles. The number of carbonyl (C=O) groups is 1. The molecule has 0 saturated carbocycles. The first-order chi connectivity index (χ1) is 9.29. The van der Waals surface area contributed by atoms with E-state index in [9.17, 15) is 4.79 Å². The second kappa shape index (κ2) is 6.88. The molecule has 0 spiro atoms. The Hall–Kier alpha value is -1.90. The molecule has 5 heteroatoms. The van der Waals surface area contributed by atoms with Crippen molar-refractivity contribution < 1.29 is 9.53 Å². The molecular weight excluding hydrogens is 242 g/mol. The molecule has 0 aromatic heterocycles. The molecule has 0 radical (unpaired) electrons. The van der Waals surface area contributed by atoms with E-state index in [-0.39, 0.29) is 18.6 Å². The Bertz CT molecular complexity index is 476. The summed E-state index contributed by atoms with van der Waals surface area (Å²) in [6, 6.07) is 8.97. The summed E-state index contributed by atoms with van der Waals surface area (Å²) < 4.78 is 5.56. The van der Waals surface area contributed by atoms with Gasteiger partial charge in [0.05, 0.1) is 17.4 Å². The van der Waals surface area contributed by atoms with Gasteiger partial charge < -0.3 is 15.4 Å². The van der Waals surface area contributed by atoms with Crippen LogP contribution < -0.4 is 10.6 Å². The van der Waals surface area contributed by atoms with Crippen molar-refractivity contribution in [1.82, 2.24) is 5.32 Å². The molecule has 2 rings (SSSR count). The minimum atomic E-state index is -0.221. The number of nitriles is 1. The maximum Gasteiger partial charge on any atom is 0.250 e. The quantitative estimate of drug-likeness (QED) is 0.853. The number of ether oxygens (including phenoxy) is 1. The number of nitrogens with one attached hydrogen (secondary N) is 2. The first-order valence-electron chi connectivity index (χ1n) is 6.41. The van der Waals surface area contributed by atoms with Crippen molar-refractivity contribution in [2.75, 3.05) is 25.0 Å². The molecule has 19 heavy (non-hydrogen) atoms. The number of para-hydroxylation sites is 1. The lowest BCUT2D eigenvalue weighted by Crippen LogP contribution is -2.34. The Morgan fingerprint density at radius 1 is 1.42 bits per heavy atom.